The molecule has 3 aromatic rings. The smallest absolute Gasteiger partial charge is 0.260 e. The third-order valence-electron chi connectivity index (χ3n) is 4.99. The van der Waals surface area contributed by atoms with Crippen LogP contribution >= 0.6 is 11.6 Å². The monoisotopic (exact) mass is 468 g/mol. The van der Waals surface area contributed by atoms with E-state index in [4.69, 9.17) is 21.4 Å². The number of likely N-dealkylation sites (N-methyl/N-ethyl adjacent to an activating group) is 1. The van der Waals surface area contributed by atoms with Gasteiger partial charge in [-0.3, -0.25) is 9.59 Å². The SMILES string of the molecule is CCN(CC(=O)Nc1cc(C(C)(C)C)nn1-c1ccccc1)C(=O)COc1ccc(Cl)cc1. The molecule has 1 heterocycles. The van der Waals surface area contributed by atoms with Crippen molar-refractivity contribution < 1.29 is 14.3 Å². The molecule has 0 atom stereocenters. The summed E-state index contributed by atoms with van der Waals surface area (Å²) in [5.74, 6) is 0.496. The van der Waals surface area contributed by atoms with E-state index >= 15 is 0 Å². The first-order valence-electron chi connectivity index (χ1n) is 10.8. The van der Waals surface area contributed by atoms with E-state index in [1.807, 2.05) is 43.3 Å². The fourth-order valence-corrected chi connectivity index (χ4v) is 3.23. The van der Waals surface area contributed by atoms with Crippen LogP contribution in [0, 0.1) is 0 Å². The van der Waals surface area contributed by atoms with Crippen LogP contribution < -0.4 is 10.1 Å². The Morgan fingerprint density at radius 1 is 1.09 bits per heavy atom. The van der Waals surface area contributed by atoms with Crippen molar-refractivity contribution in [3.8, 4) is 11.4 Å². The highest BCUT2D eigenvalue weighted by molar-refractivity contribution is 6.30. The molecule has 33 heavy (non-hydrogen) atoms. The molecule has 2 aromatic carbocycles. The van der Waals surface area contributed by atoms with E-state index in [2.05, 4.69) is 26.1 Å². The number of carbonyl (C=O) groups is 2. The Morgan fingerprint density at radius 2 is 1.76 bits per heavy atom. The summed E-state index contributed by atoms with van der Waals surface area (Å²) >= 11 is 5.87. The second-order valence-corrected chi connectivity index (χ2v) is 9.05. The predicted molar refractivity (Wildman–Crippen MR) is 130 cm³/mol. The van der Waals surface area contributed by atoms with Crippen LogP contribution in [0.5, 0.6) is 5.75 Å². The van der Waals surface area contributed by atoms with E-state index in [0.717, 1.165) is 11.4 Å². The molecule has 0 radical (unpaired) electrons. The number of carbonyl (C=O) groups excluding carboxylic acids is 2. The van der Waals surface area contributed by atoms with Crippen molar-refractivity contribution in [1.82, 2.24) is 14.7 Å². The fraction of sp³-hybridized carbons (Fsp3) is 0.320. The lowest BCUT2D eigenvalue weighted by Gasteiger charge is -2.20. The van der Waals surface area contributed by atoms with Crippen LogP contribution in [0.15, 0.2) is 60.7 Å². The molecular weight excluding hydrogens is 440 g/mol. The van der Waals surface area contributed by atoms with Gasteiger partial charge in [-0.25, -0.2) is 4.68 Å². The molecular formula is C25H29ClN4O3. The van der Waals surface area contributed by atoms with Gasteiger partial charge in [0.1, 0.15) is 11.6 Å². The number of hydrogen-bond acceptors (Lipinski definition) is 4. The van der Waals surface area contributed by atoms with Gasteiger partial charge in [-0.15, -0.1) is 0 Å². The Morgan fingerprint density at radius 3 is 2.36 bits per heavy atom. The molecule has 3 rings (SSSR count). The van der Waals surface area contributed by atoms with Crippen LogP contribution in [-0.4, -0.2) is 46.2 Å². The van der Waals surface area contributed by atoms with Gasteiger partial charge in [-0.2, -0.15) is 5.10 Å². The second kappa shape index (κ2) is 10.5. The van der Waals surface area contributed by atoms with Crippen LogP contribution in [0.1, 0.15) is 33.4 Å². The summed E-state index contributed by atoms with van der Waals surface area (Å²) in [6.45, 7) is 8.13. The summed E-state index contributed by atoms with van der Waals surface area (Å²) in [5.41, 5.74) is 1.49. The number of benzene rings is 2. The summed E-state index contributed by atoms with van der Waals surface area (Å²) in [6, 6.07) is 18.2. The Hall–Kier alpha value is -3.32. The summed E-state index contributed by atoms with van der Waals surface area (Å²) in [4.78, 5) is 26.9. The lowest BCUT2D eigenvalue weighted by Crippen LogP contribution is -2.40. The zero-order valence-corrected chi connectivity index (χ0v) is 20.1. The Bertz CT molecular complexity index is 1090. The van der Waals surface area contributed by atoms with Crippen molar-refractivity contribution in [2.45, 2.75) is 33.1 Å². The molecule has 1 N–H and O–H groups in total. The minimum Gasteiger partial charge on any atom is -0.484 e. The number of halogens is 1. The van der Waals surface area contributed by atoms with Gasteiger partial charge in [0.25, 0.3) is 5.91 Å². The first-order valence-corrected chi connectivity index (χ1v) is 11.2. The molecule has 0 bridgehead atoms. The highest BCUT2D eigenvalue weighted by Gasteiger charge is 2.23. The van der Waals surface area contributed by atoms with Gasteiger partial charge >= 0.3 is 0 Å². The molecule has 0 aliphatic heterocycles. The van der Waals surface area contributed by atoms with Crippen LogP contribution in [0.4, 0.5) is 5.82 Å². The topological polar surface area (TPSA) is 76.5 Å². The maximum absolute atomic E-state index is 12.8. The van der Waals surface area contributed by atoms with Crippen molar-refractivity contribution in [2.24, 2.45) is 0 Å². The van der Waals surface area contributed by atoms with E-state index in [1.54, 1.807) is 28.9 Å². The number of hydrogen-bond donors (Lipinski definition) is 1. The van der Waals surface area contributed by atoms with Crippen molar-refractivity contribution >= 4 is 29.2 Å². The first kappa shape index (κ1) is 24.3. The maximum atomic E-state index is 12.8. The van der Waals surface area contributed by atoms with E-state index in [0.29, 0.717) is 23.1 Å². The van der Waals surface area contributed by atoms with Gasteiger partial charge in [0.05, 0.1) is 17.9 Å². The molecule has 0 spiro atoms. The summed E-state index contributed by atoms with van der Waals surface area (Å²) < 4.78 is 7.24. The van der Waals surface area contributed by atoms with Crippen LogP contribution in [0.3, 0.4) is 0 Å². The molecule has 0 aliphatic rings. The van der Waals surface area contributed by atoms with E-state index in [1.165, 1.54) is 4.90 Å². The van der Waals surface area contributed by atoms with Crippen LogP contribution in [0.25, 0.3) is 5.69 Å². The van der Waals surface area contributed by atoms with Crippen molar-refractivity contribution in [3.05, 3.63) is 71.4 Å². The maximum Gasteiger partial charge on any atom is 0.260 e. The van der Waals surface area contributed by atoms with Crippen molar-refractivity contribution in [2.75, 3.05) is 25.0 Å². The Kier molecular flexibility index (Phi) is 7.76. The highest BCUT2D eigenvalue weighted by atomic mass is 35.5. The molecule has 1 aromatic heterocycles. The number of ether oxygens (including phenoxy) is 1. The number of para-hydroxylation sites is 1. The number of nitrogens with one attached hydrogen (secondary N) is 1. The molecule has 0 unspecified atom stereocenters. The normalized spacial score (nSPS) is 11.2. The minimum atomic E-state index is -0.311. The van der Waals surface area contributed by atoms with Crippen molar-refractivity contribution in [1.29, 1.82) is 0 Å². The zero-order valence-electron chi connectivity index (χ0n) is 19.3. The van der Waals surface area contributed by atoms with Gasteiger partial charge in [0, 0.05) is 23.0 Å². The standard InChI is InChI=1S/C25H29ClN4O3/c1-5-29(24(32)17-33-20-13-11-18(26)12-14-20)16-23(31)27-22-15-21(25(2,3)4)28-30(22)19-9-7-6-8-10-19/h6-15H,5,16-17H2,1-4H3,(H,27,31). The number of aromatic nitrogens is 2. The fourth-order valence-electron chi connectivity index (χ4n) is 3.10. The Labute approximate surface area is 199 Å². The van der Waals surface area contributed by atoms with Gasteiger partial charge < -0.3 is 15.0 Å². The molecule has 0 saturated carbocycles. The van der Waals surface area contributed by atoms with E-state index in [9.17, 15) is 9.59 Å². The largest absolute Gasteiger partial charge is 0.484 e. The predicted octanol–water partition coefficient (Wildman–Crippen LogP) is 4.69. The molecule has 174 valence electrons. The van der Waals surface area contributed by atoms with Gasteiger partial charge in [0.2, 0.25) is 5.91 Å². The summed E-state index contributed by atoms with van der Waals surface area (Å²) in [5, 5.41) is 8.20. The summed E-state index contributed by atoms with van der Waals surface area (Å²) in [7, 11) is 0. The first-order chi connectivity index (χ1) is 15.7. The van der Waals surface area contributed by atoms with Gasteiger partial charge in [-0.05, 0) is 43.3 Å². The number of anilines is 1. The van der Waals surface area contributed by atoms with Crippen LogP contribution in [0.2, 0.25) is 5.02 Å². The number of nitrogens with zero attached hydrogens (tertiary/aromatic N) is 3. The average Bonchev–Trinajstić information content (AvgIpc) is 3.21. The van der Waals surface area contributed by atoms with Crippen LogP contribution in [-0.2, 0) is 15.0 Å². The quantitative estimate of drug-likeness (QED) is 0.520. The van der Waals surface area contributed by atoms with E-state index in [-0.39, 0.29) is 30.4 Å². The molecule has 2 amide bonds. The van der Waals surface area contributed by atoms with Gasteiger partial charge in [-0.1, -0.05) is 50.6 Å². The third-order valence-corrected chi connectivity index (χ3v) is 5.24. The lowest BCUT2D eigenvalue weighted by molar-refractivity contribution is -0.136. The second-order valence-electron chi connectivity index (χ2n) is 8.61. The zero-order chi connectivity index (χ0) is 24.0. The molecule has 7 nitrogen and oxygen atoms in total. The molecule has 8 heteroatoms. The molecule has 0 fully saturated rings. The summed E-state index contributed by atoms with van der Waals surface area (Å²) in [6.07, 6.45) is 0. The number of rotatable bonds is 8. The third kappa shape index (κ3) is 6.58. The minimum absolute atomic E-state index is 0.0931. The number of amides is 2. The lowest BCUT2D eigenvalue weighted by atomic mass is 9.92. The Balaban J connectivity index is 1.68. The average molecular weight is 469 g/mol. The van der Waals surface area contributed by atoms with Crippen molar-refractivity contribution in [3.63, 3.8) is 0 Å². The van der Waals surface area contributed by atoms with E-state index < -0.39 is 0 Å². The molecule has 0 aliphatic carbocycles. The van der Waals surface area contributed by atoms with Gasteiger partial charge in [0.15, 0.2) is 6.61 Å². The highest BCUT2D eigenvalue weighted by Crippen LogP contribution is 2.26. The molecule has 0 saturated heterocycles.